The van der Waals surface area contributed by atoms with E-state index in [4.69, 9.17) is 0 Å². The fourth-order valence-electron chi connectivity index (χ4n) is 1.84. The van der Waals surface area contributed by atoms with E-state index < -0.39 is 11.2 Å². The summed E-state index contributed by atoms with van der Waals surface area (Å²) in [5.74, 6) is 0. The van der Waals surface area contributed by atoms with E-state index in [0.29, 0.717) is 5.69 Å². The highest BCUT2D eigenvalue weighted by Gasteiger charge is 2.09. The Morgan fingerprint density at radius 1 is 1.10 bits per heavy atom. The van der Waals surface area contributed by atoms with Crippen LogP contribution in [0.2, 0.25) is 0 Å². The number of aromatic amines is 1. The lowest BCUT2D eigenvalue weighted by molar-refractivity contribution is 0.738. The number of rotatable bonds is 2. The summed E-state index contributed by atoms with van der Waals surface area (Å²) in [4.78, 5) is 25.3. The maximum absolute atomic E-state index is 11.8. The molecule has 0 saturated carbocycles. The average Bonchev–Trinajstić information content (AvgIpc) is 2.93. The molecule has 0 bridgehead atoms. The molecule has 0 radical (unpaired) electrons. The first-order valence-corrected chi connectivity index (χ1v) is 5.93. The Balaban J connectivity index is 2.09. The largest absolute Gasteiger partial charge is 0.328 e. The van der Waals surface area contributed by atoms with Gasteiger partial charge in [0.05, 0.1) is 6.20 Å². The molecule has 7 heteroatoms. The fourth-order valence-corrected chi connectivity index (χ4v) is 1.84. The third kappa shape index (κ3) is 2.05. The monoisotopic (exact) mass is 269 g/mol. The van der Waals surface area contributed by atoms with Crippen LogP contribution in [0.15, 0.2) is 52.3 Å². The van der Waals surface area contributed by atoms with Crippen LogP contribution in [0, 0.1) is 0 Å². The van der Waals surface area contributed by atoms with Gasteiger partial charge in [-0.15, -0.1) is 5.10 Å². The molecule has 3 rings (SSSR count). The van der Waals surface area contributed by atoms with Gasteiger partial charge in [-0.3, -0.25) is 9.78 Å². The first-order chi connectivity index (χ1) is 9.65. The standard InChI is InChI=1S/C13H11N5O2/c1-17-8-11(12(19)14-13(17)20)18-7-10(15-16-18)9-5-3-2-4-6-9/h2-8H,1H3,(H,14,19,20). The Kier molecular flexibility index (Phi) is 2.79. The number of hydrogen-bond acceptors (Lipinski definition) is 4. The molecule has 0 spiro atoms. The van der Waals surface area contributed by atoms with Crippen molar-refractivity contribution in [3.63, 3.8) is 0 Å². The first-order valence-electron chi connectivity index (χ1n) is 5.93. The molecule has 1 N–H and O–H groups in total. The van der Waals surface area contributed by atoms with Gasteiger partial charge in [0.15, 0.2) is 0 Å². The van der Waals surface area contributed by atoms with Gasteiger partial charge >= 0.3 is 5.69 Å². The normalized spacial score (nSPS) is 10.7. The number of aromatic nitrogens is 5. The van der Waals surface area contributed by atoms with Gasteiger partial charge in [-0.2, -0.15) is 0 Å². The highest BCUT2D eigenvalue weighted by atomic mass is 16.2. The van der Waals surface area contributed by atoms with Gasteiger partial charge in [0.25, 0.3) is 5.56 Å². The third-order valence-corrected chi connectivity index (χ3v) is 2.90. The van der Waals surface area contributed by atoms with E-state index in [1.807, 2.05) is 30.3 Å². The van der Waals surface area contributed by atoms with Crippen molar-refractivity contribution in [1.29, 1.82) is 0 Å². The molecule has 0 fully saturated rings. The Hall–Kier alpha value is -2.96. The lowest BCUT2D eigenvalue weighted by Crippen LogP contribution is -2.30. The van der Waals surface area contributed by atoms with E-state index in [1.165, 1.54) is 15.4 Å². The predicted molar refractivity (Wildman–Crippen MR) is 72.7 cm³/mol. The topological polar surface area (TPSA) is 85.6 Å². The molecule has 0 aliphatic heterocycles. The minimum Gasteiger partial charge on any atom is -0.301 e. The Labute approximate surface area is 113 Å². The maximum atomic E-state index is 11.8. The smallest absolute Gasteiger partial charge is 0.301 e. The molecule has 0 aliphatic carbocycles. The zero-order valence-electron chi connectivity index (χ0n) is 10.6. The van der Waals surface area contributed by atoms with Crippen molar-refractivity contribution < 1.29 is 0 Å². The van der Waals surface area contributed by atoms with Crippen LogP contribution < -0.4 is 11.2 Å². The molecular formula is C13H11N5O2. The number of nitrogens with zero attached hydrogens (tertiary/aromatic N) is 4. The quantitative estimate of drug-likeness (QED) is 0.726. The van der Waals surface area contributed by atoms with E-state index in [9.17, 15) is 9.59 Å². The van der Waals surface area contributed by atoms with Crippen molar-refractivity contribution in [2.24, 2.45) is 7.05 Å². The summed E-state index contributed by atoms with van der Waals surface area (Å²) >= 11 is 0. The van der Waals surface area contributed by atoms with Gasteiger partial charge in [0, 0.05) is 18.8 Å². The van der Waals surface area contributed by atoms with Crippen LogP contribution in [0.5, 0.6) is 0 Å². The summed E-state index contributed by atoms with van der Waals surface area (Å²) in [7, 11) is 1.55. The van der Waals surface area contributed by atoms with E-state index in [2.05, 4.69) is 15.3 Å². The van der Waals surface area contributed by atoms with Crippen LogP contribution >= 0.6 is 0 Å². The molecule has 0 atom stereocenters. The summed E-state index contributed by atoms with van der Waals surface area (Å²) in [6.45, 7) is 0. The van der Waals surface area contributed by atoms with Gasteiger partial charge in [0.1, 0.15) is 11.4 Å². The van der Waals surface area contributed by atoms with Crippen LogP contribution in [0.4, 0.5) is 0 Å². The van der Waals surface area contributed by atoms with Crippen molar-refractivity contribution in [1.82, 2.24) is 24.5 Å². The SMILES string of the molecule is Cn1cc(-n2cc(-c3ccccc3)nn2)c(=O)[nH]c1=O. The Morgan fingerprint density at radius 3 is 2.60 bits per heavy atom. The van der Waals surface area contributed by atoms with E-state index in [-0.39, 0.29) is 5.69 Å². The van der Waals surface area contributed by atoms with Crippen molar-refractivity contribution in [2.75, 3.05) is 0 Å². The zero-order chi connectivity index (χ0) is 14.1. The number of benzene rings is 1. The number of aryl methyl sites for hydroxylation is 1. The highest BCUT2D eigenvalue weighted by molar-refractivity contribution is 5.57. The minimum atomic E-state index is -0.502. The molecule has 0 amide bonds. The van der Waals surface area contributed by atoms with Crippen LogP contribution in [-0.4, -0.2) is 24.5 Å². The number of hydrogen-bond donors (Lipinski definition) is 1. The van der Waals surface area contributed by atoms with E-state index in [1.54, 1.807) is 13.2 Å². The molecular weight excluding hydrogens is 258 g/mol. The Morgan fingerprint density at radius 2 is 1.85 bits per heavy atom. The van der Waals surface area contributed by atoms with Gasteiger partial charge in [-0.1, -0.05) is 35.5 Å². The molecule has 2 aromatic heterocycles. The molecule has 7 nitrogen and oxygen atoms in total. The van der Waals surface area contributed by atoms with E-state index >= 15 is 0 Å². The van der Waals surface area contributed by atoms with Gasteiger partial charge in [-0.05, 0) is 0 Å². The highest BCUT2D eigenvalue weighted by Crippen LogP contribution is 2.15. The van der Waals surface area contributed by atoms with Crippen LogP contribution in [0.1, 0.15) is 0 Å². The molecule has 0 unspecified atom stereocenters. The molecule has 1 aromatic carbocycles. The van der Waals surface area contributed by atoms with Crippen molar-refractivity contribution in [3.05, 3.63) is 63.6 Å². The second-order valence-corrected chi connectivity index (χ2v) is 4.30. The van der Waals surface area contributed by atoms with Crippen molar-refractivity contribution >= 4 is 0 Å². The lowest BCUT2D eigenvalue weighted by Gasteiger charge is -2.00. The second kappa shape index (κ2) is 4.61. The molecule has 100 valence electrons. The average molecular weight is 269 g/mol. The molecule has 0 aliphatic rings. The molecule has 3 aromatic rings. The van der Waals surface area contributed by atoms with E-state index in [0.717, 1.165) is 5.56 Å². The van der Waals surface area contributed by atoms with Crippen molar-refractivity contribution in [2.45, 2.75) is 0 Å². The van der Waals surface area contributed by atoms with Gasteiger partial charge in [0.2, 0.25) is 0 Å². The van der Waals surface area contributed by atoms with Crippen LogP contribution in [0.3, 0.4) is 0 Å². The zero-order valence-corrected chi connectivity index (χ0v) is 10.6. The van der Waals surface area contributed by atoms with Gasteiger partial charge in [-0.25, -0.2) is 9.48 Å². The third-order valence-electron chi connectivity index (χ3n) is 2.90. The summed E-state index contributed by atoms with van der Waals surface area (Å²) in [6.07, 6.45) is 3.06. The lowest BCUT2D eigenvalue weighted by atomic mass is 10.2. The van der Waals surface area contributed by atoms with Crippen LogP contribution in [0.25, 0.3) is 16.9 Å². The van der Waals surface area contributed by atoms with Crippen LogP contribution in [-0.2, 0) is 7.05 Å². The number of nitrogens with one attached hydrogen (secondary N) is 1. The van der Waals surface area contributed by atoms with Gasteiger partial charge < -0.3 is 4.57 Å². The summed E-state index contributed by atoms with van der Waals surface area (Å²) in [5.41, 5.74) is 0.820. The summed E-state index contributed by atoms with van der Waals surface area (Å²) in [6, 6.07) is 9.50. The Bertz CT molecular complexity index is 860. The second-order valence-electron chi connectivity index (χ2n) is 4.30. The fraction of sp³-hybridized carbons (Fsp3) is 0.0769. The molecule has 2 heterocycles. The predicted octanol–water partition coefficient (Wildman–Crippen LogP) is 0.321. The number of H-pyrrole nitrogens is 1. The molecule has 20 heavy (non-hydrogen) atoms. The first kappa shape index (κ1) is 12.1. The summed E-state index contributed by atoms with van der Waals surface area (Å²) in [5, 5.41) is 7.95. The minimum absolute atomic E-state index is 0.238. The summed E-state index contributed by atoms with van der Waals surface area (Å²) < 4.78 is 2.63. The molecule has 0 saturated heterocycles. The maximum Gasteiger partial charge on any atom is 0.328 e. The van der Waals surface area contributed by atoms with Crippen molar-refractivity contribution in [3.8, 4) is 16.9 Å².